The van der Waals surface area contributed by atoms with Crippen LogP contribution in [0.4, 0.5) is 0 Å². The quantitative estimate of drug-likeness (QED) is 0.865. The van der Waals surface area contributed by atoms with Gasteiger partial charge in [0.1, 0.15) is 5.52 Å². The summed E-state index contributed by atoms with van der Waals surface area (Å²) in [6, 6.07) is 5.44. The minimum atomic E-state index is -0.221. The second-order valence-corrected chi connectivity index (χ2v) is 5.02. The van der Waals surface area contributed by atoms with Crippen LogP contribution in [0.2, 0.25) is 0 Å². The van der Waals surface area contributed by atoms with E-state index in [9.17, 15) is 4.79 Å². The molecule has 98 valence electrons. The van der Waals surface area contributed by atoms with Gasteiger partial charge in [0, 0.05) is 18.9 Å². The lowest BCUT2D eigenvalue weighted by Crippen LogP contribution is -2.58. The molecule has 0 bridgehead atoms. The van der Waals surface area contributed by atoms with Crippen LogP contribution < -0.4 is 11.1 Å². The Bertz CT molecular complexity index is 611. The number of nitrogens with one attached hydrogen (secondary N) is 1. The van der Waals surface area contributed by atoms with Crippen LogP contribution in [0.15, 0.2) is 30.6 Å². The molecule has 3 N–H and O–H groups in total. The topological polar surface area (TPSA) is 80.9 Å². The number of hydrogen-bond donors (Lipinski definition) is 2. The van der Waals surface area contributed by atoms with Crippen LogP contribution in [-0.4, -0.2) is 28.0 Å². The van der Waals surface area contributed by atoms with Gasteiger partial charge in [-0.3, -0.25) is 14.8 Å². The van der Waals surface area contributed by atoms with Crippen LogP contribution >= 0.6 is 0 Å². The fourth-order valence-electron chi connectivity index (χ4n) is 2.47. The molecule has 0 spiro atoms. The van der Waals surface area contributed by atoms with Gasteiger partial charge in [-0.25, -0.2) is 0 Å². The summed E-state index contributed by atoms with van der Waals surface area (Å²) >= 11 is 0. The summed E-state index contributed by atoms with van der Waals surface area (Å²) in [7, 11) is 0. The maximum atomic E-state index is 12.4. The summed E-state index contributed by atoms with van der Waals surface area (Å²) in [6.45, 7) is 0.481. The maximum Gasteiger partial charge on any atom is 0.254 e. The molecule has 19 heavy (non-hydrogen) atoms. The van der Waals surface area contributed by atoms with E-state index in [2.05, 4.69) is 15.3 Å². The summed E-state index contributed by atoms with van der Waals surface area (Å²) in [5.41, 5.74) is 7.47. The van der Waals surface area contributed by atoms with Gasteiger partial charge < -0.3 is 11.1 Å². The summed E-state index contributed by atoms with van der Waals surface area (Å²) in [4.78, 5) is 20.8. The van der Waals surface area contributed by atoms with Gasteiger partial charge in [-0.05, 0) is 31.4 Å². The SMILES string of the molecule is NCC1(NC(=O)c2cccc3nccnc23)CCC1. The number of nitrogens with zero attached hydrogens (tertiary/aromatic N) is 2. The Morgan fingerprint density at radius 2 is 2.11 bits per heavy atom. The predicted molar refractivity (Wildman–Crippen MR) is 72.6 cm³/mol. The lowest BCUT2D eigenvalue weighted by Gasteiger charge is -2.41. The van der Waals surface area contributed by atoms with Gasteiger partial charge in [0.05, 0.1) is 16.6 Å². The molecular formula is C14H16N4O. The van der Waals surface area contributed by atoms with Crippen molar-refractivity contribution in [3.05, 3.63) is 36.2 Å². The van der Waals surface area contributed by atoms with E-state index in [1.54, 1.807) is 18.5 Å². The lowest BCUT2D eigenvalue weighted by atomic mass is 9.76. The molecule has 2 aromatic rings. The number of amides is 1. The van der Waals surface area contributed by atoms with Crippen molar-refractivity contribution in [3.63, 3.8) is 0 Å². The largest absolute Gasteiger partial charge is 0.345 e. The Labute approximate surface area is 111 Å². The normalized spacial score (nSPS) is 16.9. The number of benzene rings is 1. The van der Waals surface area contributed by atoms with Gasteiger partial charge in [-0.2, -0.15) is 0 Å². The molecule has 1 amide bonds. The molecular weight excluding hydrogens is 240 g/mol. The second kappa shape index (κ2) is 4.59. The molecule has 1 heterocycles. The molecule has 1 saturated carbocycles. The molecule has 3 rings (SSSR count). The Balaban J connectivity index is 1.93. The molecule has 1 aromatic heterocycles. The first kappa shape index (κ1) is 12.0. The average Bonchev–Trinajstić information content (AvgIpc) is 2.42. The minimum Gasteiger partial charge on any atom is -0.345 e. The van der Waals surface area contributed by atoms with E-state index in [0.29, 0.717) is 17.6 Å². The van der Waals surface area contributed by atoms with Gasteiger partial charge in [0.2, 0.25) is 0 Å². The zero-order valence-electron chi connectivity index (χ0n) is 10.6. The van der Waals surface area contributed by atoms with Crippen LogP contribution in [0.25, 0.3) is 11.0 Å². The van der Waals surface area contributed by atoms with E-state index in [1.165, 1.54) is 0 Å². The highest BCUT2D eigenvalue weighted by atomic mass is 16.1. The molecule has 1 aromatic carbocycles. The van der Waals surface area contributed by atoms with Crippen molar-refractivity contribution >= 4 is 16.9 Å². The first-order valence-corrected chi connectivity index (χ1v) is 6.46. The number of carbonyl (C=O) groups excluding carboxylic acids is 1. The third-order valence-corrected chi connectivity index (χ3v) is 3.82. The van der Waals surface area contributed by atoms with E-state index < -0.39 is 0 Å². The van der Waals surface area contributed by atoms with Crippen molar-refractivity contribution in [1.82, 2.24) is 15.3 Å². The number of nitrogens with two attached hydrogens (primary N) is 1. The zero-order chi connectivity index (χ0) is 13.3. The lowest BCUT2D eigenvalue weighted by molar-refractivity contribution is 0.0839. The summed E-state index contributed by atoms with van der Waals surface area (Å²) in [6.07, 6.45) is 6.24. The van der Waals surface area contributed by atoms with Gasteiger partial charge in [0.25, 0.3) is 5.91 Å². The van der Waals surface area contributed by atoms with Crippen molar-refractivity contribution in [2.75, 3.05) is 6.54 Å². The summed E-state index contributed by atoms with van der Waals surface area (Å²) < 4.78 is 0. The number of fused-ring (bicyclic) bond motifs is 1. The molecule has 1 aliphatic rings. The third-order valence-electron chi connectivity index (χ3n) is 3.82. The van der Waals surface area contributed by atoms with Crippen LogP contribution in [-0.2, 0) is 0 Å². The van der Waals surface area contributed by atoms with E-state index in [4.69, 9.17) is 5.73 Å². The highest BCUT2D eigenvalue weighted by Crippen LogP contribution is 2.31. The molecule has 0 aliphatic heterocycles. The van der Waals surface area contributed by atoms with Gasteiger partial charge in [0.15, 0.2) is 0 Å². The number of para-hydroxylation sites is 1. The fraction of sp³-hybridized carbons (Fsp3) is 0.357. The van der Waals surface area contributed by atoms with Crippen LogP contribution in [0.3, 0.4) is 0 Å². The van der Waals surface area contributed by atoms with Crippen molar-refractivity contribution in [3.8, 4) is 0 Å². The van der Waals surface area contributed by atoms with Gasteiger partial charge in [-0.1, -0.05) is 6.07 Å². The van der Waals surface area contributed by atoms with Crippen molar-refractivity contribution < 1.29 is 4.79 Å². The first-order chi connectivity index (χ1) is 9.24. The molecule has 1 aliphatic carbocycles. The van der Waals surface area contributed by atoms with E-state index >= 15 is 0 Å². The van der Waals surface area contributed by atoms with Crippen molar-refractivity contribution in [2.24, 2.45) is 5.73 Å². The van der Waals surface area contributed by atoms with Crippen LogP contribution in [0, 0.1) is 0 Å². The Morgan fingerprint density at radius 1 is 1.32 bits per heavy atom. The molecule has 0 atom stereocenters. The third kappa shape index (κ3) is 2.06. The van der Waals surface area contributed by atoms with Gasteiger partial charge >= 0.3 is 0 Å². The van der Waals surface area contributed by atoms with Crippen LogP contribution in [0.1, 0.15) is 29.6 Å². The highest BCUT2D eigenvalue weighted by Gasteiger charge is 2.37. The summed E-state index contributed by atoms with van der Waals surface area (Å²) in [5.74, 6) is -0.115. The maximum absolute atomic E-state index is 12.4. The van der Waals surface area contributed by atoms with Crippen LogP contribution in [0.5, 0.6) is 0 Å². The Hall–Kier alpha value is -2.01. The molecule has 0 unspecified atom stereocenters. The predicted octanol–water partition coefficient (Wildman–Crippen LogP) is 1.24. The minimum absolute atomic E-state index is 0.115. The molecule has 5 nitrogen and oxygen atoms in total. The smallest absolute Gasteiger partial charge is 0.254 e. The van der Waals surface area contributed by atoms with Gasteiger partial charge in [-0.15, -0.1) is 0 Å². The standard InChI is InChI=1S/C14H16N4O/c15-9-14(5-2-6-14)18-13(19)10-3-1-4-11-12(10)17-8-7-16-11/h1,3-4,7-8H,2,5-6,9,15H2,(H,18,19). The Morgan fingerprint density at radius 3 is 2.79 bits per heavy atom. The first-order valence-electron chi connectivity index (χ1n) is 6.46. The highest BCUT2D eigenvalue weighted by molar-refractivity contribution is 6.04. The second-order valence-electron chi connectivity index (χ2n) is 5.02. The molecule has 0 radical (unpaired) electrons. The van der Waals surface area contributed by atoms with E-state index in [0.717, 1.165) is 24.8 Å². The fourth-order valence-corrected chi connectivity index (χ4v) is 2.47. The van der Waals surface area contributed by atoms with E-state index in [1.807, 2.05) is 12.1 Å². The molecule has 5 heteroatoms. The van der Waals surface area contributed by atoms with Crippen molar-refractivity contribution in [2.45, 2.75) is 24.8 Å². The molecule has 0 saturated heterocycles. The van der Waals surface area contributed by atoms with E-state index in [-0.39, 0.29) is 11.4 Å². The van der Waals surface area contributed by atoms with Crippen molar-refractivity contribution in [1.29, 1.82) is 0 Å². The average molecular weight is 256 g/mol. The molecule has 1 fully saturated rings. The number of aromatic nitrogens is 2. The Kier molecular flexibility index (Phi) is 2.91. The number of hydrogen-bond acceptors (Lipinski definition) is 4. The zero-order valence-corrected chi connectivity index (χ0v) is 10.6. The number of carbonyl (C=O) groups is 1. The monoisotopic (exact) mass is 256 g/mol. The summed E-state index contributed by atoms with van der Waals surface area (Å²) in [5, 5.41) is 3.06. The number of rotatable bonds is 3.